The average Bonchev–Trinajstić information content (AvgIpc) is 2.98. The van der Waals surface area contributed by atoms with Crippen molar-refractivity contribution in [3.05, 3.63) is 24.3 Å². The first-order chi connectivity index (χ1) is 20.3. The summed E-state index contributed by atoms with van der Waals surface area (Å²) < 4.78 is 0. The van der Waals surface area contributed by atoms with E-state index in [1.165, 1.54) is 161 Å². The van der Waals surface area contributed by atoms with E-state index in [0.717, 1.165) is 18.1 Å². The van der Waals surface area contributed by atoms with Crippen molar-refractivity contribution in [2.24, 2.45) is 5.84 Å². The van der Waals surface area contributed by atoms with Gasteiger partial charge in [-0.3, -0.25) is 9.68 Å². The lowest BCUT2D eigenvalue weighted by molar-refractivity contribution is -0.193. The molecule has 0 aliphatic heterocycles. The molecule has 0 bridgehead atoms. The standard InChI is InChI=1S/C35H72N4O2.3H2/c1-3-5-7-9-11-13-15-17-19-21-23-25-27-29-31-33-35-41-38-39(36)37-40-34-32-30-28-26-24-22-20-18-16-14-12-10-8-6-4-2;;;/h17-20,37-38H,3-16,21-36H2,1-2H3;3*1H/b19-17-,20-18-;;;. The number of hydrogen-bond acceptors (Lipinski definition) is 6. The Morgan fingerprint density at radius 1 is 0.439 bits per heavy atom. The second kappa shape index (κ2) is 37.3. The van der Waals surface area contributed by atoms with Gasteiger partial charge in [-0.1, -0.05) is 153 Å². The summed E-state index contributed by atoms with van der Waals surface area (Å²) in [5.74, 6) is 5.76. The molecule has 0 aromatic heterocycles. The van der Waals surface area contributed by atoms with Gasteiger partial charge >= 0.3 is 0 Å². The van der Waals surface area contributed by atoms with Gasteiger partial charge in [-0.15, -0.1) is 11.2 Å². The molecular weight excluding hydrogens is 508 g/mol. The number of nitrogens with two attached hydrogens (primary N) is 1. The third-order valence-corrected chi connectivity index (χ3v) is 7.59. The maximum atomic E-state index is 5.76. The molecule has 4 N–H and O–H groups in total. The van der Waals surface area contributed by atoms with Gasteiger partial charge < -0.3 is 0 Å². The third-order valence-electron chi connectivity index (χ3n) is 7.59. The molecule has 41 heavy (non-hydrogen) atoms. The number of allylic oxidation sites excluding steroid dienone is 4. The lowest BCUT2D eigenvalue weighted by Crippen LogP contribution is -2.52. The molecule has 0 unspecified atom stereocenters. The van der Waals surface area contributed by atoms with Crippen LogP contribution in [0.2, 0.25) is 0 Å². The van der Waals surface area contributed by atoms with E-state index in [1.54, 1.807) is 0 Å². The number of hydrogen-bond donors (Lipinski definition) is 3. The van der Waals surface area contributed by atoms with Gasteiger partial charge in [0.25, 0.3) is 0 Å². The fourth-order valence-electron chi connectivity index (χ4n) is 4.92. The molecule has 0 saturated carbocycles. The van der Waals surface area contributed by atoms with Crippen molar-refractivity contribution in [3.63, 3.8) is 0 Å². The van der Waals surface area contributed by atoms with Crippen LogP contribution in [-0.4, -0.2) is 18.4 Å². The number of rotatable bonds is 35. The highest BCUT2D eigenvalue weighted by molar-refractivity contribution is 4.82. The van der Waals surface area contributed by atoms with Crippen LogP contribution in [0.4, 0.5) is 0 Å². The Kier molecular flexibility index (Phi) is 36.6. The molecule has 0 aliphatic carbocycles. The normalized spacial score (nSPS) is 12.1. The van der Waals surface area contributed by atoms with E-state index >= 15 is 0 Å². The van der Waals surface area contributed by atoms with Gasteiger partial charge in [-0.2, -0.15) is 0 Å². The van der Waals surface area contributed by atoms with Gasteiger partial charge in [0.05, 0.1) is 13.2 Å². The van der Waals surface area contributed by atoms with Crippen LogP contribution in [0.15, 0.2) is 24.3 Å². The molecule has 0 aromatic carbocycles. The Balaban J connectivity index is -0.00000267. The van der Waals surface area contributed by atoms with Gasteiger partial charge in [-0.05, 0) is 64.2 Å². The smallest absolute Gasteiger partial charge is 0.0699 e. The molecule has 0 fully saturated rings. The first-order valence-corrected chi connectivity index (χ1v) is 17.9. The van der Waals surface area contributed by atoms with E-state index in [9.17, 15) is 0 Å². The van der Waals surface area contributed by atoms with Crippen LogP contribution in [0.1, 0.15) is 191 Å². The van der Waals surface area contributed by atoms with Crippen molar-refractivity contribution in [1.82, 2.24) is 16.4 Å². The SMILES string of the molecule is CCCCCCCC/C=C\CCCCCCCCONN(N)NOCCCCCCC/C=C\CCCCCCCC.[HH].[HH].[HH]. The van der Waals surface area contributed by atoms with Gasteiger partial charge in [0.15, 0.2) is 0 Å². The minimum Gasteiger partial charge on any atom is -0.284 e. The van der Waals surface area contributed by atoms with E-state index in [4.69, 9.17) is 15.5 Å². The van der Waals surface area contributed by atoms with E-state index in [0.29, 0.717) is 13.2 Å². The Labute approximate surface area is 260 Å². The van der Waals surface area contributed by atoms with Crippen molar-refractivity contribution >= 4 is 0 Å². The van der Waals surface area contributed by atoms with Crippen molar-refractivity contribution in [3.8, 4) is 0 Å². The van der Waals surface area contributed by atoms with Crippen LogP contribution in [0.25, 0.3) is 0 Å². The molecule has 6 heteroatoms. The Bertz CT molecular complexity index is 546. The zero-order valence-electron chi connectivity index (χ0n) is 27.7. The molecule has 0 heterocycles. The molecule has 0 atom stereocenters. The molecule has 6 nitrogen and oxygen atoms in total. The largest absolute Gasteiger partial charge is 0.284 e. The highest BCUT2D eigenvalue weighted by Gasteiger charge is 1.98. The minimum atomic E-state index is 0. The zero-order chi connectivity index (χ0) is 29.7. The minimum absolute atomic E-state index is 0. The van der Waals surface area contributed by atoms with Crippen LogP contribution in [0.3, 0.4) is 0 Å². The van der Waals surface area contributed by atoms with Gasteiger partial charge in [0, 0.05) is 4.28 Å². The first kappa shape index (κ1) is 40.2. The highest BCUT2D eigenvalue weighted by Crippen LogP contribution is 2.11. The topological polar surface area (TPSA) is 71.8 Å². The highest BCUT2D eigenvalue weighted by atomic mass is 16.8. The molecule has 250 valence electrons. The van der Waals surface area contributed by atoms with Crippen LogP contribution in [0, 0.1) is 0 Å². The summed E-state index contributed by atoms with van der Waals surface area (Å²) in [4.78, 5) is 10.8. The predicted octanol–water partition coefficient (Wildman–Crippen LogP) is 11.5. The second-order valence-corrected chi connectivity index (χ2v) is 11.8. The van der Waals surface area contributed by atoms with Gasteiger partial charge in [0.2, 0.25) is 0 Å². The number of nitrogens with zero attached hydrogens (tertiary/aromatic N) is 1. The maximum absolute atomic E-state index is 5.76. The number of nitrogens with one attached hydrogen (secondary N) is 2. The molecule has 0 radical (unpaired) electrons. The van der Waals surface area contributed by atoms with E-state index in [2.05, 4.69) is 49.3 Å². The van der Waals surface area contributed by atoms with Crippen LogP contribution >= 0.6 is 0 Å². The van der Waals surface area contributed by atoms with Crippen molar-refractivity contribution < 1.29 is 14.0 Å². The van der Waals surface area contributed by atoms with Gasteiger partial charge in [0.1, 0.15) is 0 Å². The molecule has 0 spiro atoms. The number of hydrazine groups is 3. The van der Waals surface area contributed by atoms with Crippen LogP contribution < -0.4 is 17.0 Å². The Hall–Kier alpha value is -0.760. The lowest BCUT2D eigenvalue weighted by Gasteiger charge is -2.17. The lowest BCUT2D eigenvalue weighted by atomic mass is 10.1. The zero-order valence-corrected chi connectivity index (χ0v) is 27.7. The van der Waals surface area contributed by atoms with Crippen LogP contribution in [-0.2, 0) is 9.68 Å². The van der Waals surface area contributed by atoms with Crippen molar-refractivity contribution in [2.45, 2.75) is 187 Å². The van der Waals surface area contributed by atoms with E-state index in [1.807, 2.05) is 0 Å². The third kappa shape index (κ3) is 37.2. The number of unbranched alkanes of at least 4 members (excludes halogenated alkanes) is 23. The van der Waals surface area contributed by atoms with Crippen molar-refractivity contribution in [1.29, 1.82) is 0 Å². The summed E-state index contributed by atoms with van der Waals surface area (Å²) in [5, 5.41) is 1.14. The summed E-state index contributed by atoms with van der Waals surface area (Å²) >= 11 is 0. The average molecular weight is 587 g/mol. The van der Waals surface area contributed by atoms with E-state index in [-0.39, 0.29) is 4.28 Å². The summed E-state index contributed by atoms with van der Waals surface area (Å²) in [7, 11) is 0. The second-order valence-electron chi connectivity index (χ2n) is 11.8. The molecule has 0 saturated heterocycles. The summed E-state index contributed by atoms with van der Waals surface area (Å²) in [6.45, 7) is 5.84. The summed E-state index contributed by atoms with van der Waals surface area (Å²) in [6, 6.07) is 0. The molecule has 0 amide bonds. The maximum Gasteiger partial charge on any atom is 0.0699 e. The monoisotopic (exact) mass is 587 g/mol. The quantitative estimate of drug-likeness (QED) is 0.0297. The Morgan fingerprint density at radius 2 is 0.707 bits per heavy atom. The molecular formula is C35H78N4O2. The predicted molar refractivity (Wildman–Crippen MR) is 185 cm³/mol. The molecule has 0 aliphatic rings. The van der Waals surface area contributed by atoms with Crippen molar-refractivity contribution in [2.75, 3.05) is 13.2 Å². The first-order valence-electron chi connectivity index (χ1n) is 17.9. The molecule has 0 rings (SSSR count). The van der Waals surface area contributed by atoms with E-state index < -0.39 is 0 Å². The fraction of sp³-hybridized carbons (Fsp3) is 0.886. The Morgan fingerprint density at radius 3 is 1.02 bits per heavy atom. The fourth-order valence-corrected chi connectivity index (χ4v) is 4.92. The summed E-state index contributed by atoms with van der Waals surface area (Å²) in [5.41, 5.74) is 5.30. The summed E-state index contributed by atoms with van der Waals surface area (Å²) in [6.07, 6.45) is 44.7. The van der Waals surface area contributed by atoms with Crippen LogP contribution in [0.5, 0.6) is 0 Å². The van der Waals surface area contributed by atoms with Gasteiger partial charge in [-0.25, -0.2) is 5.84 Å². The molecule has 0 aromatic rings.